The topological polar surface area (TPSA) is 68.2 Å². The zero-order valence-electron chi connectivity index (χ0n) is 24.0. The second-order valence-corrected chi connectivity index (χ2v) is 11.2. The Morgan fingerprint density at radius 1 is 0.575 bits per heavy atom. The van der Waals surface area contributed by atoms with Crippen molar-refractivity contribution in [3.63, 3.8) is 0 Å². The molecule has 208 valence electrons. The third kappa shape index (κ3) is 4.53. The van der Waals surface area contributed by atoms with Gasteiger partial charge >= 0.3 is 0 Å². The fourth-order valence-electron chi connectivity index (χ4n) is 6.24. The van der Waals surface area contributed by atoms with Crippen LogP contribution in [0.4, 0.5) is 0 Å². The molecule has 4 aromatic carbocycles. The Kier molecular flexibility index (Phi) is 7.36. The van der Waals surface area contributed by atoms with Gasteiger partial charge in [0.15, 0.2) is 5.79 Å². The molecule has 4 aromatic rings. The molecular formula is C35H38O5. The molecular weight excluding hydrogens is 500 g/mol. The number of para-hydroxylation sites is 1. The van der Waals surface area contributed by atoms with Crippen LogP contribution in [0, 0.1) is 20.8 Å². The van der Waals surface area contributed by atoms with Crippen LogP contribution in [0.25, 0.3) is 0 Å². The SMILES string of the molecule is COc1ccccc1C(O)(c1ccccc1C)C1OC(C)(C)O[C@H]1C(O)(c1ccccc1C)c1ccccc1C. The van der Waals surface area contributed by atoms with E-state index in [1.165, 1.54) is 0 Å². The Balaban J connectivity index is 1.85. The minimum Gasteiger partial charge on any atom is -0.496 e. The smallest absolute Gasteiger partial charge is 0.164 e. The number of aryl methyl sites for hydroxylation is 3. The molecule has 0 amide bonds. The second-order valence-electron chi connectivity index (χ2n) is 11.2. The lowest BCUT2D eigenvalue weighted by Gasteiger charge is -2.44. The van der Waals surface area contributed by atoms with Crippen LogP contribution < -0.4 is 4.74 Å². The third-order valence-electron chi connectivity index (χ3n) is 8.10. The molecule has 1 fully saturated rings. The van der Waals surface area contributed by atoms with E-state index in [9.17, 15) is 10.2 Å². The van der Waals surface area contributed by atoms with E-state index in [0.29, 0.717) is 28.0 Å². The molecule has 0 radical (unpaired) electrons. The molecule has 1 aliphatic heterocycles. The van der Waals surface area contributed by atoms with E-state index in [4.69, 9.17) is 14.2 Å². The number of hydrogen-bond acceptors (Lipinski definition) is 5. The van der Waals surface area contributed by atoms with E-state index in [2.05, 4.69) is 0 Å². The van der Waals surface area contributed by atoms with Gasteiger partial charge in [-0.1, -0.05) is 91.0 Å². The number of ether oxygens (including phenoxy) is 3. The molecule has 0 bridgehead atoms. The number of methoxy groups -OCH3 is 1. The highest BCUT2D eigenvalue weighted by molar-refractivity contribution is 5.51. The standard InChI is InChI=1S/C35H38O5/c1-23-15-7-10-18-26(23)34(36,27-19-11-8-16-24(27)2)31-32(40-33(4,5)39-31)35(37,28-20-12-9-17-25(28)3)29-21-13-14-22-30(29)38-6/h7-22,31-32,36-37H,1-6H3/t31-,32?,35?/m1/s1. The van der Waals surface area contributed by atoms with Gasteiger partial charge in [-0.3, -0.25) is 0 Å². The van der Waals surface area contributed by atoms with Crippen LogP contribution >= 0.6 is 0 Å². The van der Waals surface area contributed by atoms with Crippen molar-refractivity contribution >= 4 is 0 Å². The van der Waals surface area contributed by atoms with Gasteiger partial charge in [-0.05, 0) is 74.1 Å². The van der Waals surface area contributed by atoms with Crippen LogP contribution in [0.3, 0.4) is 0 Å². The Morgan fingerprint density at radius 2 is 0.900 bits per heavy atom. The quantitative estimate of drug-likeness (QED) is 0.289. The van der Waals surface area contributed by atoms with Crippen LogP contribution in [0.2, 0.25) is 0 Å². The Bertz CT molecular complexity index is 1460. The van der Waals surface area contributed by atoms with E-state index >= 15 is 0 Å². The van der Waals surface area contributed by atoms with Crippen LogP contribution in [0.15, 0.2) is 97.1 Å². The Labute approximate surface area is 237 Å². The summed E-state index contributed by atoms with van der Waals surface area (Å²) >= 11 is 0. The van der Waals surface area contributed by atoms with Crippen molar-refractivity contribution in [2.75, 3.05) is 7.11 Å². The molecule has 0 aromatic heterocycles. The molecule has 1 saturated heterocycles. The van der Waals surface area contributed by atoms with Crippen molar-refractivity contribution in [1.82, 2.24) is 0 Å². The van der Waals surface area contributed by atoms with Crippen LogP contribution in [0.5, 0.6) is 5.75 Å². The normalized spacial score (nSPS) is 20.2. The monoisotopic (exact) mass is 538 g/mol. The van der Waals surface area contributed by atoms with Crippen LogP contribution in [0.1, 0.15) is 52.8 Å². The lowest BCUT2D eigenvalue weighted by Crippen LogP contribution is -2.55. The first-order chi connectivity index (χ1) is 19.0. The number of aliphatic hydroxyl groups is 2. The summed E-state index contributed by atoms with van der Waals surface area (Å²) in [7, 11) is 1.58. The van der Waals surface area contributed by atoms with Gasteiger partial charge in [0.25, 0.3) is 0 Å². The van der Waals surface area contributed by atoms with E-state index < -0.39 is 29.2 Å². The minimum absolute atomic E-state index is 0.510. The maximum absolute atomic E-state index is 13.1. The molecule has 2 unspecified atom stereocenters. The highest BCUT2D eigenvalue weighted by Gasteiger charge is 2.62. The predicted molar refractivity (Wildman–Crippen MR) is 156 cm³/mol. The van der Waals surface area contributed by atoms with Crippen molar-refractivity contribution in [3.05, 3.63) is 136 Å². The molecule has 5 nitrogen and oxygen atoms in total. The van der Waals surface area contributed by atoms with Crippen molar-refractivity contribution in [1.29, 1.82) is 0 Å². The summed E-state index contributed by atoms with van der Waals surface area (Å²) in [6.07, 6.45) is -2.05. The van der Waals surface area contributed by atoms with Gasteiger partial charge < -0.3 is 24.4 Å². The van der Waals surface area contributed by atoms with E-state index in [1.54, 1.807) is 7.11 Å². The Morgan fingerprint density at radius 3 is 1.27 bits per heavy atom. The predicted octanol–water partition coefficient (Wildman–Crippen LogP) is 6.31. The van der Waals surface area contributed by atoms with Crippen molar-refractivity contribution in [2.24, 2.45) is 0 Å². The lowest BCUT2D eigenvalue weighted by molar-refractivity contribution is -0.172. The summed E-state index contributed by atoms with van der Waals surface area (Å²) in [5.41, 5.74) is 1.80. The van der Waals surface area contributed by atoms with E-state index in [1.807, 2.05) is 132 Å². The molecule has 0 saturated carbocycles. The summed E-state index contributed by atoms with van der Waals surface area (Å²) in [6, 6.07) is 30.6. The fourth-order valence-corrected chi connectivity index (χ4v) is 6.24. The summed E-state index contributed by atoms with van der Waals surface area (Å²) in [5.74, 6) is -0.608. The maximum Gasteiger partial charge on any atom is 0.164 e. The van der Waals surface area contributed by atoms with Crippen molar-refractivity contribution in [3.8, 4) is 5.75 Å². The minimum atomic E-state index is -1.75. The lowest BCUT2D eigenvalue weighted by atomic mass is 9.70. The highest BCUT2D eigenvalue weighted by atomic mass is 16.8. The van der Waals surface area contributed by atoms with Crippen molar-refractivity contribution in [2.45, 2.75) is 63.8 Å². The van der Waals surface area contributed by atoms with Gasteiger partial charge in [-0.25, -0.2) is 0 Å². The average Bonchev–Trinajstić information content (AvgIpc) is 3.29. The molecule has 0 aliphatic carbocycles. The average molecular weight is 539 g/mol. The molecule has 5 rings (SSSR count). The number of hydrogen-bond donors (Lipinski definition) is 2. The summed E-state index contributed by atoms with van der Waals surface area (Å²) in [6.45, 7) is 9.54. The van der Waals surface area contributed by atoms with Crippen LogP contribution in [-0.4, -0.2) is 35.3 Å². The van der Waals surface area contributed by atoms with E-state index in [0.717, 1.165) is 16.7 Å². The number of benzene rings is 4. The van der Waals surface area contributed by atoms with E-state index in [-0.39, 0.29) is 0 Å². The fraction of sp³-hybridized carbons (Fsp3) is 0.314. The molecule has 1 heterocycles. The van der Waals surface area contributed by atoms with Gasteiger partial charge in [-0.2, -0.15) is 0 Å². The third-order valence-corrected chi connectivity index (χ3v) is 8.10. The van der Waals surface area contributed by atoms with Gasteiger partial charge in [0.1, 0.15) is 29.2 Å². The first-order valence-electron chi connectivity index (χ1n) is 13.7. The zero-order valence-corrected chi connectivity index (χ0v) is 24.0. The zero-order chi connectivity index (χ0) is 28.7. The van der Waals surface area contributed by atoms with Gasteiger partial charge in [0.05, 0.1) is 7.11 Å². The number of rotatable bonds is 7. The maximum atomic E-state index is 13.1. The summed E-state index contributed by atoms with van der Waals surface area (Å²) in [5, 5.41) is 26.3. The molecule has 40 heavy (non-hydrogen) atoms. The second kappa shape index (κ2) is 10.5. The highest BCUT2D eigenvalue weighted by Crippen LogP contribution is 2.52. The molecule has 1 aliphatic rings. The summed E-state index contributed by atoms with van der Waals surface area (Å²) in [4.78, 5) is 0. The van der Waals surface area contributed by atoms with Gasteiger partial charge in [0.2, 0.25) is 0 Å². The van der Waals surface area contributed by atoms with Crippen LogP contribution in [-0.2, 0) is 20.7 Å². The molecule has 0 spiro atoms. The first kappa shape index (κ1) is 28.1. The molecule has 5 heteroatoms. The molecule has 3 atom stereocenters. The Hall–Kier alpha value is -3.48. The van der Waals surface area contributed by atoms with Gasteiger partial charge in [-0.15, -0.1) is 0 Å². The van der Waals surface area contributed by atoms with Crippen molar-refractivity contribution < 1.29 is 24.4 Å². The first-order valence-corrected chi connectivity index (χ1v) is 13.7. The largest absolute Gasteiger partial charge is 0.496 e. The summed E-state index contributed by atoms with van der Waals surface area (Å²) < 4.78 is 19.1. The van der Waals surface area contributed by atoms with Gasteiger partial charge in [0, 0.05) is 5.56 Å². The molecule has 2 N–H and O–H groups in total.